The van der Waals surface area contributed by atoms with Gasteiger partial charge in [0.1, 0.15) is 0 Å². The molecule has 3 rings (SSSR count). The zero-order valence-electron chi connectivity index (χ0n) is 16.4. The van der Waals surface area contributed by atoms with Crippen molar-refractivity contribution in [1.82, 2.24) is 4.90 Å². The standard InChI is InChI=1S/C22H28N2O3/c1-17(25)24(20-9-10-21(26-2)22(15-20)27-3)19-11-13-23(14-12-19)16-18-7-5-4-6-8-18/h4-10,15,19H,11-14,16H2,1-3H3. The van der Waals surface area contributed by atoms with Gasteiger partial charge < -0.3 is 14.4 Å². The van der Waals surface area contributed by atoms with Crippen LogP contribution in [-0.4, -0.2) is 44.2 Å². The first-order chi connectivity index (χ1) is 13.1. The fraction of sp³-hybridized carbons (Fsp3) is 0.409. The number of likely N-dealkylation sites (tertiary alicyclic amines) is 1. The molecule has 0 aromatic heterocycles. The second kappa shape index (κ2) is 8.91. The first kappa shape index (κ1) is 19.2. The Bertz CT molecular complexity index is 755. The summed E-state index contributed by atoms with van der Waals surface area (Å²) in [4.78, 5) is 16.8. The molecule has 1 aliphatic heterocycles. The van der Waals surface area contributed by atoms with E-state index in [1.54, 1.807) is 21.1 Å². The molecule has 0 radical (unpaired) electrons. The van der Waals surface area contributed by atoms with E-state index in [-0.39, 0.29) is 11.9 Å². The Morgan fingerprint density at radius 2 is 1.70 bits per heavy atom. The lowest BCUT2D eigenvalue weighted by Gasteiger charge is -2.38. The maximum Gasteiger partial charge on any atom is 0.224 e. The highest BCUT2D eigenvalue weighted by Gasteiger charge is 2.28. The van der Waals surface area contributed by atoms with E-state index in [4.69, 9.17) is 9.47 Å². The molecule has 1 amide bonds. The molecule has 0 spiro atoms. The largest absolute Gasteiger partial charge is 0.493 e. The van der Waals surface area contributed by atoms with Crippen molar-refractivity contribution in [3.63, 3.8) is 0 Å². The third-order valence-corrected chi connectivity index (χ3v) is 5.16. The number of anilines is 1. The third kappa shape index (κ3) is 4.61. The first-order valence-electron chi connectivity index (χ1n) is 9.40. The highest BCUT2D eigenvalue weighted by atomic mass is 16.5. The molecule has 5 heteroatoms. The number of methoxy groups -OCH3 is 2. The van der Waals surface area contributed by atoms with Crippen molar-refractivity contribution in [2.75, 3.05) is 32.2 Å². The van der Waals surface area contributed by atoms with Crippen LogP contribution in [0.4, 0.5) is 5.69 Å². The Labute approximate surface area is 161 Å². The monoisotopic (exact) mass is 368 g/mol. The van der Waals surface area contributed by atoms with Gasteiger partial charge in [-0.3, -0.25) is 9.69 Å². The lowest BCUT2D eigenvalue weighted by atomic mass is 10.0. The van der Waals surface area contributed by atoms with Gasteiger partial charge in [-0.1, -0.05) is 30.3 Å². The highest BCUT2D eigenvalue weighted by molar-refractivity contribution is 5.92. The minimum absolute atomic E-state index is 0.0590. The fourth-order valence-corrected chi connectivity index (χ4v) is 3.80. The minimum Gasteiger partial charge on any atom is -0.493 e. The van der Waals surface area contributed by atoms with E-state index < -0.39 is 0 Å². The molecule has 0 unspecified atom stereocenters. The number of carbonyl (C=O) groups is 1. The SMILES string of the molecule is COc1ccc(N(C(C)=O)C2CCN(Cc3ccccc3)CC2)cc1OC. The van der Waals surface area contributed by atoms with Crippen molar-refractivity contribution in [2.45, 2.75) is 32.4 Å². The summed E-state index contributed by atoms with van der Waals surface area (Å²) in [6.07, 6.45) is 1.92. The highest BCUT2D eigenvalue weighted by Crippen LogP contribution is 2.33. The molecule has 1 heterocycles. The lowest BCUT2D eigenvalue weighted by molar-refractivity contribution is -0.117. The quantitative estimate of drug-likeness (QED) is 0.779. The average Bonchev–Trinajstić information content (AvgIpc) is 2.70. The van der Waals surface area contributed by atoms with Crippen molar-refractivity contribution in [3.05, 3.63) is 54.1 Å². The summed E-state index contributed by atoms with van der Waals surface area (Å²) in [5, 5.41) is 0. The van der Waals surface area contributed by atoms with Crippen LogP contribution in [-0.2, 0) is 11.3 Å². The molecule has 0 N–H and O–H groups in total. The second-order valence-corrected chi connectivity index (χ2v) is 6.92. The van der Waals surface area contributed by atoms with Crippen LogP contribution in [0.5, 0.6) is 11.5 Å². The number of rotatable bonds is 6. The summed E-state index contributed by atoms with van der Waals surface area (Å²) in [5.74, 6) is 1.37. The van der Waals surface area contributed by atoms with Crippen molar-refractivity contribution >= 4 is 11.6 Å². The summed E-state index contributed by atoms with van der Waals surface area (Å²) in [7, 11) is 3.23. The van der Waals surface area contributed by atoms with Crippen LogP contribution in [0.2, 0.25) is 0 Å². The van der Waals surface area contributed by atoms with E-state index in [1.807, 2.05) is 29.2 Å². The molecule has 0 bridgehead atoms. The topological polar surface area (TPSA) is 42.0 Å². The van der Waals surface area contributed by atoms with Gasteiger partial charge in [0.05, 0.1) is 14.2 Å². The maximum atomic E-state index is 12.4. The number of ether oxygens (including phenoxy) is 2. The number of hydrogen-bond donors (Lipinski definition) is 0. The molecule has 27 heavy (non-hydrogen) atoms. The van der Waals surface area contributed by atoms with Gasteiger partial charge in [-0.05, 0) is 30.5 Å². The number of carbonyl (C=O) groups excluding carboxylic acids is 1. The van der Waals surface area contributed by atoms with Gasteiger partial charge in [-0.2, -0.15) is 0 Å². The minimum atomic E-state index is 0.0590. The molecule has 144 valence electrons. The Balaban J connectivity index is 1.69. The normalized spacial score (nSPS) is 15.4. The zero-order chi connectivity index (χ0) is 19.2. The molecule has 2 aromatic carbocycles. The summed E-state index contributed by atoms with van der Waals surface area (Å²) >= 11 is 0. The van der Waals surface area contributed by atoms with Crippen molar-refractivity contribution < 1.29 is 14.3 Å². The predicted molar refractivity (Wildman–Crippen MR) is 107 cm³/mol. The van der Waals surface area contributed by atoms with Crippen LogP contribution in [0.15, 0.2) is 48.5 Å². The second-order valence-electron chi connectivity index (χ2n) is 6.92. The molecular formula is C22H28N2O3. The van der Waals surface area contributed by atoms with E-state index in [1.165, 1.54) is 5.56 Å². The summed E-state index contributed by atoms with van der Waals surface area (Å²) in [5.41, 5.74) is 2.20. The van der Waals surface area contributed by atoms with Crippen molar-refractivity contribution in [2.24, 2.45) is 0 Å². The number of benzene rings is 2. The van der Waals surface area contributed by atoms with E-state index in [0.717, 1.165) is 38.2 Å². The van der Waals surface area contributed by atoms with Crippen LogP contribution in [0.25, 0.3) is 0 Å². The molecule has 2 aromatic rings. The summed E-state index contributed by atoms with van der Waals surface area (Å²) < 4.78 is 10.7. The molecule has 0 atom stereocenters. The van der Waals surface area contributed by atoms with E-state index >= 15 is 0 Å². The van der Waals surface area contributed by atoms with Crippen LogP contribution in [0.1, 0.15) is 25.3 Å². The first-order valence-corrected chi connectivity index (χ1v) is 9.40. The van der Waals surface area contributed by atoms with Gasteiger partial charge in [-0.25, -0.2) is 0 Å². The van der Waals surface area contributed by atoms with E-state index in [2.05, 4.69) is 29.2 Å². The molecular weight excluding hydrogens is 340 g/mol. The molecule has 1 fully saturated rings. The number of nitrogens with zero attached hydrogens (tertiary/aromatic N) is 2. The molecule has 1 saturated heterocycles. The lowest BCUT2D eigenvalue weighted by Crippen LogP contribution is -2.46. The van der Waals surface area contributed by atoms with Gasteiger partial charge in [0.2, 0.25) is 5.91 Å². The third-order valence-electron chi connectivity index (χ3n) is 5.16. The fourth-order valence-electron chi connectivity index (χ4n) is 3.80. The number of amides is 1. The summed E-state index contributed by atoms with van der Waals surface area (Å²) in [6.45, 7) is 4.56. The number of piperidine rings is 1. The van der Waals surface area contributed by atoms with Crippen LogP contribution in [0, 0.1) is 0 Å². The van der Waals surface area contributed by atoms with Gasteiger partial charge >= 0.3 is 0 Å². The van der Waals surface area contributed by atoms with E-state index in [9.17, 15) is 4.79 Å². The van der Waals surface area contributed by atoms with Crippen molar-refractivity contribution in [3.8, 4) is 11.5 Å². The van der Waals surface area contributed by atoms with Crippen molar-refractivity contribution in [1.29, 1.82) is 0 Å². The average molecular weight is 368 g/mol. The molecule has 1 aliphatic rings. The van der Waals surface area contributed by atoms with Crippen LogP contribution < -0.4 is 14.4 Å². The van der Waals surface area contributed by atoms with Crippen LogP contribution >= 0.6 is 0 Å². The Morgan fingerprint density at radius 1 is 1.04 bits per heavy atom. The Hall–Kier alpha value is -2.53. The smallest absolute Gasteiger partial charge is 0.224 e. The van der Waals surface area contributed by atoms with Gasteiger partial charge in [0.25, 0.3) is 0 Å². The maximum absolute atomic E-state index is 12.4. The van der Waals surface area contributed by atoms with Gasteiger partial charge in [0.15, 0.2) is 11.5 Å². The molecule has 0 saturated carbocycles. The Morgan fingerprint density at radius 3 is 2.30 bits per heavy atom. The Kier molecular flexibility index (Phi) is 6.35. The predicted octanol–water partition coefficient (Wildman–Crippen LogP) is 3.72. The van der Waals surface area contributed by atoms with Gasteiger partial charge in [0, 0.05) is 44.4 Å². The van der Waals surface area contributed by atoms with Gasteiger partial charge in [-0.15, -0.1) is 0 Å². The number of hydrogen-bond acceptors (Lipinski definition) is 4. The summed E-state index contributed by atoms with van der Waals surface area (Å²) in [6, 6.07) is 16.4. The molecule has 5 nitrogen and oxygen atoms in total. The molecule has 0 aliphatic carbocycles. The zero-order valence-corrected chi connectivity index (χ0v) is 16.4. The van der Waals surface area contributed by atoms with E-state index in [0.29, 0.717) is 11.5 Å². The van der Waals surface area contributed by atoms with Crippen LogP contribution in [0.3, 0.4) is 0 Å².